The monoisotopic (exact) mass is 408 g/mol. The lowest BCUT2D eigenvalue weighted by Crippen LogP contribution is -2.46. The summed E-state index contributed by atoms with van der Waals surface area (Å²) < 4.78 is 27.7. The molecule has 0 atom stereocenters. The Kier molecular flexibility index (Phi) is 6.37. The van der Waals surface area contributed by atoms with Crippen molar-refractivity contribution in [3.63, 3.8) is 0 Å². The molecule has 1 fully saturated rings. The molecule has 3 rings (SSSR count). The standard InChI is InChI=1S/C19H25ClN4O2S/c1-3-23-9-11-24(12-10-23)19-8-7-16(13-21-19)14-22-27(25,26)18-6-4-5-17(20)15(18)2/h4-8,13,22H,3,9-12,14H2,1-2H3. The molecule has 1 aliphatic rings. The zero-order chi connectivity index (χ0) is 19.4. The second kappa shape index (κ2) is 8.56. The molecule has 0 unspecified atom stereocenters. The number of benzene rings is 1. The summed E-state index contributed by atoms with van der Waals surface area (Å²) in [7, 11) is -3.63. The van der Waals surface area contributed by atoms with E-state index < -0.39 is 10.0 Å². The first kappa shape index (κ1) is 20.1. The SMILES string of the molecule is CCN1CCN(c2ccc(CNS(=O)(=O)c3cccc(Cl)c3C)cn2)CC1. The van der Waals surface area contributed by atoms with Crippen molar-refractivity contribution in [3.8, 4) is 0 Å². The fourth-order valence-corrected chi connectivity index (χ4v) is 4.65. The maximum Gasteiger partial charge on any atom is 0.241 e. The largest absolute Gasteiger partial charge is 0.354 e. The van der Waals surface area contributed by atoms with Gasteiger partial charge in [0.25, 0.3) is 0 Å². The van der Waals surface area contributed by atoms with Gasteiger partial charge in [0.15, 0.2) is 0 Å². The second-order valence-electron chi connectivity index (χ2n) is 6.63. The molecule has 2 aromatic rings. The Morgan fingerprint density at radius 1 is 1.15 bits per heavy atom. The van der Waals surface area contributed by atoms with Crippen LogP contribution in [0.15, 0.2) is 41.4 Å². The highest BCUT2D eigenvalue weighted by molar-refractivity contribution is 7.89. The number of halogens is 1. The molecule has 0 bridgehead atoms. The molecule has 146 valence electrons. The number of aromatic nitrogens is 1. The molecule has 2 heterocycles. The van der Waals surface area contributed by atoms with Crippen molar-refractivity contribution in [1.82, 2.24) is 14.6 Å². The van der Waals surface area contributed by atoms with Gasteiger partial charge < -0.3 is 9.80 Å². The lowest BCUT2D eigenvalue weighted by Gasteiger charge is -2.34. The first-order valence-electron chi connectivity index (χ1n) is 9.07. The third-order valence-corrected chi connectivity index (χ3v) is 6.88. The highest BCUT2D eigenvalue weighted by atomic mass is 35.5. The van der Waals surface area contributed by atoms with Crippen LogP contribution in [-0.4, -0.2) is 51.0 Å². The molecule has 8 heteroatoms. The first-order valence-corrected chi connectivity index (χ1v) is 10.9. The number of rotatable bonds is 6. The zero-order valence-corrected chi connectivity index (χ0v) is 17.2. The van der Waals surface area contributed by atoms with E-state index in [9.17, 15) is 8.42 Å². The van der Waals surface area contributed by atoms with Crippen LogP contribution in [0.25, 0.3) is 0 Å². The summed E-state index contributed by atoms with van der Waals surface area (Å²) in [4.78, 5) is 9.39. The summed E-state index contributed by atoms with van der Waals surface area (Å²) in [5.74, 6) is 0.933. The number of piperazine rings is 1. The first-order chi connectivity index (χ1) is 12.9. The van der Waals surface area contributed by atoms with Gasteiger partial charge in [0.2, 0.25) is 10.0 Å². The van der Waals surface area contributed by atoms with Crippen molar-refractivity contribution in [2.24, 2.45) is 0 Å². The van der Waals surface area contributed by atoms with Crippen LogP contribution in [0.2, 0.25) is 5.02 Å². The molecule has 1 aromatic carbocycles. The Labute approximate surface area is 166 Å². The van der Waals surface area contributed by atoms with Crippen molar-refractivity contribution >= 4 is 27.4 Å². The smallest absolute Gasteiger partial charge is 0.241 e. The zero-order valence-electron chi connectivity index (χ0n) is 15.7. The fourth-order valence-electron chi connectivity index (χ4n) is 3.14. The molecule has 0 aliphatic carbocycles. The van der Waals surface area contributed by atoms with Crippen LogP contribution >= 0.6 is 11.6 Å². The van der Waals surface area contributed by atoms with Crippen LogP contribution < -0.4 is 9.62 Å². The molecule has 1 saturated heterocycles. The Morgan fingerprint density at radius 2 is 1.89 bits per heavy atom. The average molecular weight is 409 g/mol. The highest BCUT2D eigenvalue weighted by Crippen LogP contribution is 2.23. The predicted molar refractivity (Wildman–Crippen MR) is 109 cm³/mol. The van der Waals surface area contributed by atoms with E-state index in [1.165, 1.54) is 0 Å². The Morgan fingerprint density at radius 3 is 2.52 bits per heavy atom. The third kappa shape index (κ3) is 4.79. The van der Waals surface area contributed by atoms with Crippen LogP contribution in [0.4, 0.5) is 5.82 Å². The summed E-state index contributed by atoms with van der Waals surface area (Å²) in [6, 6.07) is 8.75. The van der Waals surface area contributed by atoms with E-state index >= 15 is 0 Å². The van der Waals surface area contributed by atoms with E-state index in [2.05, 4.69) is 26.4 Å². The van der Waals surface area contributed by atoms with Crippen LogP contribution in [-0.2, 0) is 16.6 Å². The van der Waals surface area contributed by atoms with E-state index in [4.69, 9.17) is 11.6 Å². The van der Waals surface area contributed by atoms with Gasteiger partial charge in [-0.3, -0.25) is 0 Å². The number of pyridine rings is 1. The van der Waals surface area contributed by atoms with Crippen LogP contribution in [0.1, 0.15) is 18.1 Å². The van der Waals surface area contributed by atoms with E-state index in [1.54, 1.807) is 31.3 Å². The topological polar surface area (TPSA) is 65.5 Å². The maximum absolute atomic E-state index is 12.5. The van der Waals surface area contributed by atoms with Crippen LogP contribution in [0.3, 0.4) is 0 Å². The molecular weight excluding hydrogens is 384 g/mol. The minimum atomic E-state index is -3.63. The number of hydrogen-bond acceptors (Lipinski definition) is 5. The van der Waals surface area contributed by atoms with Gasteiger partial charge in [0, 0.05) is 43.9 Å². The number of anilines is 1. The minimum absolute atomic E-state index is 0.186. The number of likely N-dealkylation sites (N-methyl/N-ethyl adjacent to an activating group) is 1. The van der Waals surface area contributed by atoms with Gasteiger partial charge in [-0.05, 0) is 42.8 Å². The van der Waals surface area contributed by atoms with Gasteiger partial charge in [-0.25, -0.2) is 18.1 Å². The second-order valence-corrected chi connectivity index (χ2v) is 8.78. The highest BCUT2D eigenvalue weighted by Gasteiger charge is 2.19. The van der Waals surface area contributed by atoms with E-state index in [0.29, 0.717) is 10.6 Å². The molecule has 0 saturated carbocycles. The predicted octanol–water partition coefficient (Wildman–Crippen LogP) is 2.66. The Balaban J connectivity index is 1.62. The molecule has 1 aromatic heterocycles. The number of nitrogens with zero attached hydrogens (tertiary/aromatic N) is 3. The van der Waals surface area contributed by atoms with E-state index in [0.717, 1.165) is 44.1 Å². The van der Waals surface area contributed by atoms with Crippen molar-refractivity contribution in [2.45, 2.75) is 25.3 Å². The molecule has 0 radical (unpaired) electrons. The Bertz CT molecular complexity index is 879. The average Bonchev–Trinajstić information content (AvgIpc) is 2.69. The van der Waals surface area contributed by atoms with Gasteiger partial charge in [0.1, 0.15) is 5.82 Å². The normalized spacial score (nSPS) is 15.9. The van der Waals surface area contributed by atoms with Gasteiger partial charge >= 0.3 is 0 Å². The summed E-state index contributed by atoms with van der Waals surface area (Å²) in [5, 5.41) is 0.437. The fraction of sp³-hybridized carbons (Fsp3) is 0.421. The quantitative estimate of drug-likeness (QED) is 0.796. The molecule has 0 amide bonds. The van der Waals surface area contributed by atoms with Crippen LogP contribution in [0.5, 0.6) is 0 Å². The lowest BCUT2D eigenvalue weighted by atomic mass is 10.2. The molecule has 1 aliphatic heterocycles. The van der Waals surface area contributed by atoms with Crippen molar-refractivity contribution in [1.29, 1.82) is 0 Å². The van der Waals surface area contributed by atoms with Crippen LogP contribution in [0, 0.1) is 6.92 Å². The summed E-state index contributed by atoms with van der Waals surface area (Å²) in [6.45, 7) is 9.14. The molecule has 0 spiro atoms. The molecule has 1 N–H and O–H groups in total. The van der Waals surface area contributed by atoms with Crippen molar-refractivity contribution in [2.75, 3.05) is 37.6 Å². The van der Waals surface area contributed by atoms with Crippen molar-refractivity contribution in [3.05, 3.63) is 52.7 Å². The Hall–Kier alpha value is -1.67. The number of nitrogens with one attached hydrogen (secondary N) is 1. The number of sulfonamides is 1. The third-order valence-electron chi connectivity index (χ3n) is 4.93. The molecular formula is C19H25ClN4O2S. The molecule has 27 heavy (non-hydrogen) atoms. The van der Waals surface area contributed by atoms with E-state index in [-0.39, 0.29) is 11.4 Å². The van der Waals surface area contributed by atoms with E-state index in [1.807, 2.05) is 12.1 Å². The summed E-state index contributed by atoms with van der Waals surface area (Å²) >= 11 is 6.04. The maximum atomic E-state index is 12.5. The minimum Gasteiger partial charge on any atom is -0.354 e. The molecule has 6 nitrogen and oxygen atoms in total. The summed E-state index contributed by atoms with van der Waals surface area (Å²) in [6.07, 6.45) is 1.73. The van der Waals surface area contributed by atoms with Crippen molar-refractivity contribution < 1.29 is 8.42 Å². The van der Waals surface area contributed by atoms with Gasteiger partial charge in [-0.2, -0.15) is 0 Å². The summed E-state index contributed by atoms with van der Waals surface area (Å²) in [5.41, 5.74) is 1.36. The van der Waals surface area contributed by atoms with Gasteiger partial charge in [-0.1, -0.05) is 30.7 Å². The van der Waals surface area contributed by atoms with Gasteiger partial charge in [0.05, 0.1) is 4.90 Å². The van der Waals surface area contributed by atoms with Gasteiger partial charge in [-0.15, -0.1) is 0 Å². The lowest BCUT2D eigenvalue weighted by molar-refractivity contribution is 0.270. The number of hydrogen-bond donors (Lipinski definition) is 1.